The highest BCUT2D eigenvalue weighted by atomic mass is 19.2. The molecule has 152 valence electrons. The number of nitrogens with one attached hydrogen (secondary N) is 2. The molecule has 2 amide bonds. The Hall–Kier alpha value is -3.36. The van der Waals surface area contributed by atoms with Crippen molar-refractivity contribution in [2.45, 2.75) is 26.7 Å². The van der Waals surface area contributed by atoms with Crippen LogP contribution in [-0.2, 0) is 4.79 Å². The fourth-order valence-electron chi connectivity index (χ4n) is 2.96. The third-order valence-corrected chi connectivity index (χ3v) is 4.41. The number of carbonyl (C=O) groups is 2. The minimum Gasteiger partial charge on any atom is -0.351 e. The number of nitrogens with zero attached hydrogens (tertiary/aromatic N) is 2. The number of carbonyl (C=O) groups excluding carboxylic acids is 2. The number of amides is 2. The van der Waals surface area contributed by atoms with Crippen LogP contribution in [0.2, 0.25) is 0 Å². The molecular weight excluding hydrogens is 385 g/mol. The van der Waals surface area contributed by atoms with Gasteiger partial charge < -0.3 is 10.6 Å². The van der Waals surface area contributed by atoms with Crippen molar-refractivity contribution in [1.82, 2.24) is 14.7 Å². The van der Waals surface area contributed by atoms with Gasteiger partial charge in [0.05, 0.1) is 11.4 Å². The average molecular weight is 404 g/mol. The summed E-state index contributed by atoms with van der Waals surface area (Å²) in [6, 6.07) is 5.40. The Labute approximate surface area is 164 Å². The second-order valence-corrected chi connectivity index (χ2v) is 6.56. The molecule has 3 aromatic rings. The summed E-state index contributed by atoms with van der Waals surface area (Å²) in [5.41, 5.74) is 2.20. The molecule has 0 bridgehead atoms. The summed E-state index contributed by atoms with van der Waals surface area (Å²) >= 11 is 0. The number of imidazole rings is 1. The van der Waals surface area contributed by atoms with Crippen LogP contribution in [0.1, 0.15) is 34.6 Å². The first kappa shape index (κ1) is 20.4. The molecule has 0 aliphatic heterocycles. The number of hydrogen-bond donors (Lipinski definition) is 2. The molecular formula is C20H19F3N4O2. The van der Waals surface area contributed by atoms with Gasteiger partial charge in [-0.1, -0.05) is 6.07 Å². The van der Waals surface area contributed by atoms with Gasteiger partial charge in [0.15, 0.2) is 17.5 Å². The van der Waals surface area contributed by atoms with E-state index in [0.29, 0.717) is 17.0 Å². The molecule has 0 aliphatic rings. The molecule has 2 aromatic heterocycles. The first-order valence-corrected chi connectivity index (χ1v) is 8.95. The summed E-state index contributed by atoms with van der Waals surface area (Å²) in [5, 5.41) is 4.91. The third-order valence-electron chi connectivity index (χ3n) is 4.41. The van der Waals surface area contributed by atoms with Crippen LogP contribution in [0, 0.1) is 31.3 Å². The van der Waals surface area contributed by atoms with Crippen molar-refractivity contribution in [1.29, 1.82) is 0 Å². The number of anilines is 1. The lowest BCUT2D eigenvalue weighted by Gasteiger charge is -2.08. The van der Waals surface area contributed by atoms with E-state index in [9.17, 15) is 22.8 Å². The summed E-state index contributed by atoms with van der Waals surface area (Å²) in [4.78, 5) is 28.8. The second kappa shape index (κ2) is 8.34. The standard InChI is InChI=1S/C20H19F3N4O2/c1-11-5-4-10-27-18(12(2)25-19(11)27)20(29)24-9-3-6-15(28)26-14-8-7-13(21)16(22)17(14)23/h4-5,7-8,10H,3,6,9H2,1-2H3,(H,24,29)(H,26,28). The Balaban J connectivity index is 1.54. The highest BCUT2D eigenvalue weighted by Crippen LogP contribution is 2.20. The number of fused-ring (bicyclic) bond motifs is 1. The van der Waals surface area contributed by atoms with Crippen LogP contribution in [0.15, 0.2) is 30.5 Å². The van der Waals surface area contributed by atoms with Gasteiger partial charge in [-0.3, -0.25) is 14.0 Å². The van der Waals surface area contributed by atoms with E-state index in [4.69, 9.17) is 0 Å². The maximum Gasteiger partial charge on any atom is 0.270 e. The van der Waals surface area contributed by atoms with Gasteiger partial charge in [0, 0.05) is 19.2 Å². The predicted octanol–water partition coefficient (Wildman–Crippen LogP) is 3.52. The van der Waals surface area contributed by atoms with E-state index >= 15 is 0 Å². The minimum absolute atomic E-state index is 0.0377. The zero-order chi connectivity index (χ0) is 21.1. The molecule has 6 nitrogen and oxygen atoms in total. The lowest BCUT2D eigenvalue weighted by molar-refractivity contribution is -0.116. The van der Waals surface area contributed by atoms with E-state index in [1.165, 1.54) is 0 Å². The zero-order valence-corrected chi connectivity index (χ0v) is 15.9. The molecule has 0 unspecified atom stereocenters. The highest BCUT2D eigenvalue weighted by Gasteiger charge is 2.18. The Kier molecular flexibility index (Phi) is 5.86. The van der Waals surface area contributed by atoms with Crippen LogP contribution in [0.4, 0.5) is 18.9 Å². The summed E-state index contributed by atoms with van der Waals surface area (Å²) in [7, 11) is 0. The lowest BCUT2D eigenvalue weighted by atomic mass is 10.2. The quantitative estimate of drug-likeness (QED) is 0.488. The van der Waals surface area contributed by atoms with Crippen LogP contribution >= 0.6 is 0 Å². The summed E-state index contributed by atoms with van der Waals surface area (Å²) in [5.74, 6) is -5.33. The molecule has 2 N–H and O–H groups in total. The molecule has 0 atom stereocenters. The molecule has 9 heteroatoms. The van der Waals surface area contributed by atoms with Crippen molar-refractivity contribution in [2.75, 3.05) is 11.9 Å². The van der Waals surface area contributed by atoms with Crippen molar-refractivity contribution in [3.8, 4) is 0 Å². The van der Waals surface area contributed by atoms with Gasteiger partial charge >= 0.3 is 0 Å². The second-order valence-electron chi connectivity index (χ2n) is 6.56. The molecule has 0 fully saturated rings. The first-order valence-electron chi connectivity index (χ1n) is 8.95. The zero-order valence-electron chi connectivity index (χ0n) is 15.9. The third kappa shape index (κ3) is 4.23. The molecule has 29 heavy (non-hydrogen) atoms. The number of benzene rings is 1. The maximum absolute atomic E-state index is 13.6. The van der Waals surface area contributed by atoms with Crippen LogP contribution in [0.3, 0.4) is 0 Å². The van der Waals surface area contributed by atoms with Crippen LogP contribution in [0.5, 0.6) is 0 Å². The lowest BCUT2D eigenvalue weighted by Crippen LogP contribution is -2.27. The molecule has 0 saturated heterocycles. The topological polar surface area (TPSA) is 75.5 Å². The number of hydrogen-bond acceptors (Lipinski definition) is 3. The van der Waals surface area contributed by atoms with Gasteiger partial charge in [-0.15, -0.1) is 0 Å². The summed E-state index contributed by atoms with van der Waals surface area (Å²) in [6.45, 7) is 3.84. The summed E-state index contributed by atoms with van der Waals surface area (Å²) < 4.78 is 41.4. The van der Waals surface area contributed by atoms with E-state index in [-0.39, 0.29) is 25.3 Å². The Morgan fingerprint density at radius 2 is 1.86 bits per heavy atom. The van der Waals surface area contributed by atoms with Crippen molar-refractivity contribution < 1.29 is 22.8 Å². The van der Waals surface area contributed by atoms with Gasteiger partial charge in [0.2, 0.25) is 5.91 Å². The average Bonchev–Trinajstić information content (AvgIpc) is 3.03. The van der Waals surface area contributed by atoms with Crippen molar-refractivity contribution in [3.63, 3.8) is 0 Å². The predicted molar refractivity (Wildman–Crippen MR) is 101 cm³/mol. The van der Waals surface area contributed by atoms with Crippen LogP contribution in [-0.4, -0.2) is 27.7 Å². The number of rotatable bonds is 6. The van der Waals surface area contributed by atoms with Gasteiger partial charge in [-0.25, -0.2) is 18.2 Å². The number of pyridine rings is 1. The van der Waals surface area contributed by atoms with E-state index in [0.717, 1.165) is 17.7 Å². The molecule has 0 spiro atoms. The number of aromatic nitrogens is 2. The van der Waals surface area contributed by atoms with Crippen molar-refractivity contribution >= 4 is 23.1 Å². The van der Waals surface area contributed by atoms with Crippen molar-refractivity contribution in [2.24, 2.45) is 0 Å². The molecule has 2 heterocycles. The Morgan fingerprint density at radius 3 is 2.62 bits per heavy atom. The fourth-order valence-corrected chi connectivity index (χ4v) is 2.96. The normalized spacial score (nSPS) is 10.9. The Morgan fingerprint density at radius 1 is 1.10 bits per heavy atom. The van der Waals surface area contributed by atoms with E-state index < -0.39 is 29.0 Å². The minimum atomic E-state index is -1.64. The highest BCUT2D eigenvalue weighted by molar-refractivity contribution is 5.95. The first-order chi connectivity index (χ1) is 13.8. The maximum atomic E-state index is 13.6. The van der Waals surface area contributed by atoms with Gasteiger partial charge in [0.25, 0.3) is 5.91 Å². The molecule has 0 aliphatic carbocycles. The largest absolute Gasteiger partial charge is 0.351 e. The van der Waals surface area contributed by atoms with E-state index in [1.54, 1.807) is 17.5 Å². The van der Waals surface area contributed by atoms with Crippen molar-refractivity contribution in [3.05, 3.63) is 64.9 Å². The van der Waals surface area contributed by atoms with Crippen LogP contribution in [0.25, 0.3) is 5.65 Å². The van der Waals surface area contributed by atoms with Gasteiger partial charge in [0.1, 0.15) is 11.3 Å². The Bertz CT molecular complexity index is 1100. The number of halogens is 3. The number of aryl methyl sites for hydroxylation is 2. The van der Waals surface area contributed by atoms with E-state index in [2.05, 4.69) is 15.6 Å². The van der Waals surface area contributed by atoms with E-state index in [1.807, 2.05) is 19.1 Å². The smallest absolute Gasteiger partial charge is 0.270 e. The monoisotopic (exact) mass is 404 g/mol. The van der Waals surface area contributed by atoms with Gasteiger partial charge in [-0.2, -0.15) is 0 Å². The molecule has 0 radical (unpaired) electrons. The fraction of sp³-hybridized carbons (Fsp3) is 0.250. The molecule has 3 rings (SSSR count). The summed E-state index contributed by atoms with van der Waals surface area (Å²) in [6.07, 6.45) is 1.99. The SMILES string of the molecule is Cc1nc2c(C)cccn2c1C(=O)NCCCC(=O)Nc1ccc(F)c(F)c1F. The molecule has 0 saturated carbocycles. The molecule has 1 aromatic carbocycles. The van der Waals surface area contributed by atoms with Gasteiger partial charge in [-0.05, 0) is 44.0 Å². The van der Waals surface area contributed by atoms with Crippen LogP contribution < -0.4 is 10.6 Å².